The van der Waals surface area contributed by atoms with Gasteiger partial charge < -0.3 is 15.2 Å². The fourth-order valence-corrected chi connectivity index (χ4v) is 5.74. The van der Waals surface area contributed by atoms with Gasteiger partial charge in [0.25, 0.3) is 0 Å². The van der Waals surface area contributed by atoms with E-state index in [0.29, 0.717) is 5.11 Å². The Hall–Kier alpha value is -1.60. The maximum absolute atomic E-state index is 11.8. The van der Waals surface area contributed by atoms with E-state index in [2.05, 4.69) is 28.5 Å². The average molecular weight is 335 g/mol. The predicted molar refractivity (Wildman–Crippen MR) is 90.7 cm³/mol. The van der Waals surface area contributed by atoms with Gasteiger partial charge in [0, 0.05) is 24.2 Å². The van der Waals surface area contributed by atoms with E-state index in [4.69, 9.17) is 12.2 Å². The van der Waals surface area contributed by atoms with Crippen LogP contribution < -0.4 is 5.32 Å². The van der Waals surface area contributed by atoms with Gasteiger partial charge in [0.05, 0.1) is 23.6 Å². The molecule has 2 atom stereocenters. The molecule has 2 aliphatic rings. The van der Waals surface area contributed by atoms with Gasteiger partial charge in [-0.1, -0.05) is 18.2 Å². The molecular weight excluding hydrogens is 318 g/mol. The third kappa shape index (κ3) is 2.38. The molecule has 2 fully saturated rings. The molecule has 1 aromatic carbocycles. The standard InChI is InChI=1S/C15H17N3O2S2/c19-22(20)8-13-14(9-22)18(15(21)17-13)6-5-11-7-10-3-1-2-4-12(10)16-11/h1-4,7,13-14,16H,5-6,8-9H2,(H,17,21)/t13-,14-/m0/s1. The van der Waals surface area contributed by atoms with Crippen LogP contribution in [0.5, 0.6) is 0 Å². The Kier molecular flexibility index (Phi) is 3.16. The van der Waals surface area contributed by atoms with Crippen LogP contribution in [0.15, 0.2) is 30.3 Å². The van der Waals surface area contributed by atoms with E-state index < -0.39 is 9.84 Å². The van der Waals surface area contributed by atoms with E-state index in [1.807, 2.05) is 17.0 Å². The lowest BCUT2D eigenvalue weighted by Crippen LogP contribution is -2.38. The summed E-state index contributed by atoms with van der Waals surface area (Å²) in [7, 11) is -2.94. The summed E-state index contributed by atoms with van der Waals surface area (Å²) in [5.41, 5.74) is 2.27. The van der Waals surface area contributed by atoms with E-state index in [9.17, 15) is 8.42 Å². The molecule has 0 bridgehead atoms. The summed E-state index contributed by atoms with van der Waals surface area (Å²) in [5.74, 6) is 0.401. The molecule has 1 aromatic heterocycles. The van der Waals surface area contributed by atoms with Crippen LogP contribution in [0.25, 0.3) is 10.9 Å². The van der Waals surface area contributed by atoms with E-state index in [-0.39, 0.29) is 23.6 Å². The van der Waals surface area contributed by atoms with Crippen LogP contribution in [0.4, 0.5) is 0 Å². The van der Waals surface area contributed by atoms with E-state index in [0.717, 1.165) is 24.2 Å². The molecule has 2 aliphatic heterocycles. The zero-order valence-corrected chi connectivity index (χ0v) is 13.6. The number of nitrogens with one attached hydrogen (secondary N) is 2. The summed E-state index contributed by atoms with van der Waals surface area (Å²) in [6.07, 6.45) is 0.819. The summed E-state index contributed by atoms with van der Waals surface area (Å²) in [6, 6.07) is 10.3. The highest BCUT2D eigenvalue weighted by Gasteiger charge is 2.46. The number of sulfone groups is 1. The number of hydrogen-bond donors (Lipinski definition) is 2. The molecule has 4 rings (SSSR count). The summed E-state index contributed by atoms with van der Waals surface area (Å²) in [4.78, 5) is 5.44. The van der Waals surface area contributed by atoms with Crippen LogP contribution in [-0.4, -0.2) is 53.5 Å². The Labute approximate surface area is 134 Å². The highest BCUT2D eigenvalue weighted by Crippen LogP contribution is 2.25. The quantitative estimate of drug-likeness (QED) is 0.822. The Bertz CT molecular complexity index is 810. The van der Waals surface area contributed by atoms with Crippen LogP contribution in [0.3, 0.4) is 0 Å². The van der Waals surface area contributed by atoms with Gasteiger partial charge in [-0.3, -0.25) is 0 Å². The van der Waals surface area contributed by atoms with Crippen LogP contribution in [0.2, 0.25) is 0 Å². The van der Waals surface area contributed by atoms with Crippen molar-refractivity contribution >= 4 is 38.1 Å². The molecule has 0 spiro atoms. The first kappa shape index (κ1) is 14.0. The topological polar surface area (TPSA) is 65.2 Å². The molecule has 2 saturated heterocycles. The van der Waals surface area contributed by atoms with Crippen molar-refractivity contribution in [2.45, 2.75) is 18.5 Å². The van der Waals surface area contributed by atoms with Gasteiger partial charge in [-0.2, -0.15) is 0 Å². The summed E-state index contributed by atoms with van der Waals surface area (Å²) in [6.45, 7) is 0.731. The smallest absolute Gasteiger partial charge is 0.169 e. The Morgan fingerprint density at radius 3 is 2.91 bits per heavy atom. The Morgan fingerprint density at radius 1 is 1.27 bits per heavy atom. The molecule has 22 heavy (non-hydrogen) atoms. The normalized spacial score (nSPS) is 26.4. The molecule has 7 heteroatoms. The number of para-hydroxylation sites is 1. The largest absolute Gasteiger partial charge is 0.358 e. The molecule has 0 radical (unpaired) electrons. The van der Waals surface area contributed by atoms with Crippen LogP contribution in [0.1, 0.15) is 5.69 Å². The van der Waals surface area contributed by atoms with Gasteiger partial charge in [0.2, 0.25) is 0 Å². The minimum atomic E-state index is -2.94. The van der Waals surface area contributed by atoms with E-state index in [1.165, 1.54) is 5.39 Å². The number of fused-ring (bicyclic) bond motifs is 2. The first-order valence-corrected chi connectivity index (χ1v) is 9.59. The number of rotatable bonds is 3. The van der Waals surface area contributed by atoms with Gasteiger partial charge in [-0.05, 0) is 29.7 Å². The maximum Gasteiger partial charge on any atom is 0.169 e. The second-order valence-corrected chi connectivity index (χ2v) is 8.57. The Balaban J connectivity index is 1.50. The molecule has 0 aliphatic carbocycles. The van der Waals surface area contributed by atoms with Crippen LogP contribution in [-0.2, 0) is 16.3 Å². The third-order valence-corrected chi connectivity index (χ3v) is 6.57. The minimum absolute atomic E-state index is 0.0121. The Morgan fingerprint density at radius 2 is 2.09 bits per heavy atom. The van der Waals surface area contributed by atoms with Gasteiger partial charge in [0.15, 0.2) is 14.9 Å². The summed E-state index contributed by atoms with van der Waals surface area (Å²) in [5, 5.41) is 5.03. The van der Waals surface area contributed by atoms with E-state index in [1.54, 1.807) is 0 Å². The van der Waals surface area contributed by atoms with Crippen LogP contribution in [0, 0.1) is 0 Å². The van der Waals surface area contributed by atoms with Crippen molar-refractivity contribution in [2.75, 3.05) is 18.1 Å². The number of aromatic nitrogens is 1. The van der Waals surface area contributed by atoms with Crippen molar-refractivity contribution in [3.8, 4) is 0 Å². The van der Waals surface area contributed by atoms with Gasteiger partial charge in [-0.15, -0.1) is 0 Å². The molecular formula is C15H17N3O2S2. The highest BCUT2D eigenvalue weighted by atomic mass is 32.2. The van der Waals surface area contributed by atoms with Crippen LogP contribution >= 0.6 is 12.2 Å². The number of H-pyrrole nitrogens is 1. The van der Waals surface area contributed by atoms with Gasteiger partial charge >= 0.3 is 0 Å². The van der Waals surface area contributed by atoms with Gasteiger partial charge in [-0.25, -0.2) is 8.42 Å². The third-order valence-electron chi connectivity index (χ3n) is 4.50. The zero-order valence-electron chi connectivity index (χ0n) is 12.0. The average Bonchev–Trinajstić information content (AvgIpc) is 3.06. The number of hydrogen-bond acceptors (Lipinski definition) is 3. The molecule has 3 heterocycles. The molecule has 0 saturated carbocycles. The van der Waals surface area contributed by atoms with Crippen molar-refractivity contribution in [2.24, 2.45) is 0 Å². The second-order valence-electron chi connectivity index (χ2n) is 6.03. The summed E-state index contributed by atoms with van der Waals surface area (Å²) < 4.78 is 23.5. The zero-order chi connectivity index (χ0) is 15.3. The lowest BCUT2D eigenvalue weighted by molar-refractivity contribution is 0.357. The first-order chi connectivity index (χ1) is 10.5. The predicted octanol–water partition coefficient (Wildman–Crippen LogP) is 1.07. The number of thiocarbonyl (C=S) groups is 1. The van der Waals surface area contributed by atoms with Crippen molar-refractivity contribution in [3.05, 3.63) is 36.0 Å². The molecule has 0 unspecified atom stereocenters. The summed E-state index contributed by atoms with van der Waals surface area (Å²) >= 11 is 5.36. The maximum atomic E-state index is 11.8. The number of aromatic amines is 1. The number of nitrogens with zero attached hydrogens (tertiary/aromatic N) is 1. The molecule has 116 valence electrons. The number of benzene rings is 1. The first-order valence-electron chi connectivity index (χ1n) is 7.36. The molecule has 2 aromatic rings. The van der Waals surface area contributed by atoms with E-state index >= 15 is 0 Å². The SMILES string of the molecule is O=S1(=O)C[C@@H]2NC(=S)N(CCc3cc4ccccc4[nH]3)[C@H]2C1. The molecule has 5 nitrogen and oxygen atoms in total. The fourth-order valence-electron chi connectivity index (χ4n) is 3.44. The molecule has 2 N–H and O–H groups in total. The second kappa shape index (κ2) is 4.96. The lowest BCUT2D eigenvalue weighted by atomic mass is 10.2. The van der Waals surface area contributed by atoms with Crippen molar-refractivity contribution < 1.29 is 8.42 Å². The van der Waals surface area contributed by atoms with Crippen molar-refractivity contribution in [1.82, 2.24) is 15.2 Å². The minimum Gasteiger partial charge on any atom is -0.358 e. The monoisotopic (exact) mass is 335 g/mol. The van der Waals surface area contributed by atoms with Gasteiger partial charge in [0.1, 0.15) is 0 Å². The molecule has 0 amide bonds. The highest BCUT2D eigenvalue weighted by molar-refractivity contribution is 7.91. The van der Waals surface area contributed by atoms with Crippen molar-refractivity contribution in [3.63, 3.8) is 0 Å². The fraction of sp³-hybridized carbons (Fsp3) is 0.400. The van der Waals surface area contributed by atoms with Crippen molar-refractivity contribution in [1.29, 1.82) is 0 Å². The lowest BCUT2D eigenvalue weighted by Gasteiger charge is -2.22.